The van der Waals surface area contributed by atoms with E-state index in [0.717, 1.165) is 16.8 Å². The van der Waals surface area contributed by atoms with Gasteiger partial charge in [-0.2, -0.15) is 0 Å². The number of pyridine rings is 1. The highest BCUT2D eigenvalue weighted by Gasteiger charge is 2.13. The van der Waals surface area contributed by atoms with Gasteiger partial charge in [-0.05, 0) is 24.6 Å². The van der Waals surface area contributed by atoms with E-state index in [-0.39, 0.29) is 17.5 Å². The first-order chi connectivity index (χ1) is 12.9. The molecule has 0 aliphatic heterocycles. The number of nitrogens with one attached hydrogen (secondary N) is 3. The molecule has 0 aliphatic rings. The summed E-state index contributed by atoms with van der Waals surface area (Å²) in [5, 5.41) is 7.72. The van der Waals surface area contributed by atoms with Crippen molar-refractivity contribution in [3.05, 3.63) is 69.5 Å². The Bertz CT molecular complexity index is 1020. The second kappa shape index (κ2) is 7.96. The molecule has 1 aromatic carbocycles. The maximum atomic E-state index is 12.2. The van der Waals surface area contributed by atoms with Gasteiger partial charge in [0.1, 0.15) is 5.56 Å². The average Bonchev–Trinajstić information content (AvgIpc) is 3.10. The topological polar surface area (TPSA) is 104 Å². The largest absolute Gasteiger partial charge is 0.350 e. The summed E-state index contributed by atoms with van der Waals surface area (Å²) in [4.78, 5) is 41.9. The Morgan fingerprint density at radius 1 is 1.19 bits per heavy atom. The highest BCUT2D eigenvalue weighted by atomic mass is 32.1. The molecule has 2 amide bonds. The number of aromatic nitrogens is 2. The summed E-state index contributed by atoms with van der Waals surface area (Å²) in [6.45, 7) is 3.40. The minimum absolute atomic E-state index is 0.0329. The number of hydrogen-bond donors (Lipinski definition) is 3. The Morgan fingerprint density at radius 3 is 2.59 bits per heavy atom. The zero-order valence-corrected chi connectivity index (χ0v) is 15.6. The van der Waals surface area contributed by atoms with Crippen molar-refractivity contribution in [2.24, 2.45) is 0 Å². The monoisotopic (exact) mass is 382 g/mol. The number of hydrogen-bond acceptors (Lipinski definition) is 5. The van der Waals surface area contributed by atoms with Crippen molar-refractivity contribution in [2.45, 2.75) is 19.9 Å². The van der Waals surface area contributed by atoms with E-state index in [9.17, 15) is 14.4 Å². The highest BCUT2D eigenvalue weighted by molar-refractivity contribution is 7.14. The van der Waals surface area contributed by atoms with Crippen molar-refractivity contribution < 1.29 is 9.59 Å². The van der Waals surface area contributed by atoms with Gasteiger partial charge >= 0.3 is 0 Å². The first-order valence-corrected chi connectivity index (χ1v) is 9.14. The number of aromatic amines is 1. The summed E-state index contributed by atoms with van der Waals surface area (Å²) in [6, 6.07) is 10.6. The van der Waals surface area contributed by atoms with Gasteiger partial charge in [0.25, 0.3) is 11.5 Å². The fourth-order valence-electron chi connectivity index (χ4n) is 2.56. The molecule has 2 heterocycles. The molecule has 0 unspecified atom stereocenters. The smallest absolute Gasteiger partial charge is 0.263 e. The zero-order chi connectivity index (χ0) is 19.4. The van der Waals surface area contributed by atoms with E-state index in [1.165, 1.54) is 30.5 Å². The predicted octanol–water partition coefficient (Wildman–Crippen LogP) is 2.95. The first-order valence-electron chi connectivity index (χ1n) is 8.26. The van der Waals surface area contributed by atoms with Crippen molar-refractivity contribution in [1.29, 1.82) is 0 Å². The number of nitrogens with zero attached hydrogens (tertiary/aromatic N) is 1. The second-order valence-electron chi connectivity index (χ2n) is 5.95. The van der Waals surface area contributed by atoms with Crippen LogP contribution in [-0.2, 0) is 4.79 Å². The molecule has 27 heavy (non-hydrogen) atoms. The number of rotatable bonds is 5. The van der Waals surface area contributed by atoms with E-state index >= 15 is 0 Å². The third kappa shape index (κ3) is 4.48. The van der Waals surface area contributed by atoms with Gasteiger partial charge < -0.3 is 10.3 Å². The average molecular weight is 382 g/mol. The van der Waals surface area contributed by atoms with Crippen molar-refractivity contribution in [3.8, 4) is 11.3 Å². The molecular weight excluding hydrogens is 364 g/mol. The van der Waals surface area contributed by atoms with Gasteiger partial charge in [0.15, 0.2) is 5.13 Å². The maximum Gasteiger partial charge on any atom is 0.263 e. The fourth-order valence-corrected chi connectivity index (χ4v) is 3.27. The highest BCUT2D eigenvalue weighted by Crippen LogP contribution is 2.26. The molecule has 0 saturated carbocycles. The van der Waals surface area contributed by atoms with Gasteiger partial charge in [-0.25, -0.2) is 4.98 Å². The Balaban J connectivity index is 1.72. The number of benzene rings is 1. The standard InChI is InChI=1S/C19H18N4O3S/c1-11(21-12(2)24)13-5-7-14(8-6-13)16-10-27-19(22-16)23-18(26)15-4-3-9-20-17(15)25/h3-11H,1-2H3,(H,20,25)(H,21,24)(H,22,23,26)/t11-/m0/s1. The predicted molar refractivity (Wildman–Crippen MR) is 105 cm³/mol. The molecule has 0 bridgehead atoms. The lowest BCUT2D eigenvalue weighted by Gasteiger charge is -2.12. The minimum atomic E-state index is -0.503. The summed E-state index contributed by atoms with van der Waals surface area (Å²) in [7, 11) is 0. The molecule has 7 nitrogen and oxygen atoms in total. The minimum Gasteiger partial charge on any atom is -0.350 e. The van der Waals surface area contributed by atoms with Crippen LogP contribution in [-0.4, -0.2) is 21.8 Å². The molecule has 3 rings (SSSR count). The first kappa shape index (κ1) is 18.5. The summed E-state index contributed by atoms with van der Waals surface area (Å²) >= 11 is 1.28. The molecule has 0 saturated heterocycles. The lowest BCUT2D eigenvalue weighted by atomic mass is 10.1. The Hall–Kier alpha value is -3.26. The van der Waals surface area contributed by atoms with Gasteiger partial charge in [0.05, 0.1) is 11.7 Å². The fraction of sp³-hybridized carbons (Fsp3) is 0.158. The van der Waals surface area contributed by atoms with Gasteiger partial charge in [0.2, 0.25) is 5.91 Å². The molecule has 0 fully saturated rings. The Morgan fingerprint density at radius 2 is 1.93 bits per heavy atom. The van der Waals surface area contributed by atoms with E-state index in [0.29, 0.717) is 5.13 Å². The van der Waals surface area contributed by atoms with Gasteiger partial charge in [0, 0.05) is 24.1 Å². The van der Waals surface area contributed by atoms with E-state index in [1.807, 2.05) is 36.6 Å². The SMILES string of the molecule is CC(=O)N[C@@H](C)c1ccc(-c2csc(NC(=O)c3ccc[nH]c3=O)n2)cc1. The molecule has 0 radical (unpaired) electrons. The molecule has 3 aromatic rings. The molecule has 0 spiro atoms. The van der Waals surface area contributed by atoms with Crippen LogP contribution < -0.4 is 16.2 Å². The van der Waals surface area contributed by atoms with E-state index in [1.54, 1.807) is 6.07 Å². The van der Waals surface area contributed by atoms with Crippen LogP contribution in [0.4, 0.5) is 5.13 Å². The van der Waals surface area contributed by atoms with Crippen LogP contribution in [0, 0.1) is 0 Å². The lowest BCUT2D eigenvalue weighted by molar-refractivity contribution is -0.119. The summed E-state index contributed by atoms with van der Waals surface area (Å²) in [5.74, 6) is -0.582. The van der Waals surface area contributed by atoms with Gasteiger partial charge in [-0.15, -0.1) is 11.3 Å². The number of carbonyl (C=O) groups excluding carboxylic acids is 2. The summed E-state index contributed by atoms with van der Waals surface area (Å²) < 4.78 is 0. The van der Waals surface area contributed by atoms with Gasteiger partial charge in [-0.1, -0.05) is 24.3 Å². The molecule has 1 atom stereocenters. The Labute approximate surface area is 159 Å². The quantitative estimate of drug-likeness (QED) is 0.631. The van der Waals surface area contributed by atoms with Crippen LogP contribution >= 0.6 is 11.3 Å². The summed E-state index contributed by atoms with van der Waals surface area (Å²) in [5.41, 5.74) is 2.18. The molecule has 138 valence electrons. The van der Waals surface area contributed by atoms with E-state index in [4.69, 9.17) is 0 Å². The van der Waals surface area contributed by atoms with Crippen molar-refractivity contribution in [3.63, 3.8) is 0 Å². The molecular formula is C19H18N4O3S. The zero-order valence-electron chi connectivity index (χ0n) is 14.8. The van der Waals surface area contributed by atoms with Crippen LogP contribution in [0.25, 0.3) is 11.3 Å². The van der Waals surface area contributed by atoms with Crippen LogP contribution in [0.15, 0.2) is 52.8 Å². The van der Waals surface area contributed by atoms with Crippen molar-refractivity contribution in [1.82, 2.24) is 15.3 Å². The number of anilines is 1. The normalized spacial score (nSPS) is 11.6. The molecule has 0 aliphatic carbocycles. The molecule has 3 N–H and O–H groups in total. The third-order valence-corrected chi connectivity index (χ3v) is 4.67. The number of thiazole rings is 1. The van der Waals surface area contributed by atoms with E-state index < -0.39 is 11.5 Å². The number of carbonyl (C=O) groups is 2. The van der Waals surface area contributed by atoms with Gasteiger partial charge in [-0.3, -0.25) is 19.7 Å². The number of amides is 2. The van der Waals surface area contributed by atoms with E-state index in [2.05, 4.69) is 20.6 Å². The van der Waals surface area contributed by atoms with Crippen molar-refractivity contribution >= 4 is 28.3 Å². The molecule has 8 heteroatoms. The number of H-pyrrole nitrogens is 1. The van der Waals surface area contributed by atoms with Crippen LogP contribution in [0.3, 0.4) is 0 Å². The maximum absolute atomic E-state index is 12.2. The Kier molecular flexibility index (Phi) is 5.46. The van der Waals surface area contributed by atoms with Crippen molar-refractivity contribution in [2.75, 3.05) is 5.32 Å². The molecule has 2 aromatic heterocycles. The lowest BCUT2D eigenvalue weighted by Crippen LogP contribution is -2.23. The second-order valence-corrected chi connectivity index (χ2v) is 6.81. The van der Waals surface area contributed by atoms with Crippen LogP contribution in [0.1, 0.15) is 35.8 Å². The third-order valence-electron chi connectivity index (χ3n) is 3.91. The van der Waals surface area contributed by atoms with Crippen LogP contribution in [0.5, 0.6) is 0 Å². The summed E-state index contributed by atoms with van der Waals surface area (Å²) in [6.07, 6.45) is 1.47. The van der Waals surface area contributed by atoms with Crippen LogP contribution in [0.2, 0.25) is 0 Å².